The van der Waals surface area contributed by atoms with Crippen LogP contribution in [0.3, 0.4) is 0 Å². The van der Waals surface area contributed by atoms with Crippen LogP contribution in [0.1, 0.15) is 49.1 Å². The van der Waals surface area contributed by atoms with Crippen LogP contribution in [0.4, 0.5) is 11.4 Å². The van der Waals surface area contributed by atoms with Crippen LogP contribution in [0, 0.1) is 13.8 Å². The molecule has 3 aromatic carbocycles. The van der Waals surface area contributed by atoms with Crippen LogP contribution in [-0.4, -0.2) is 29.8 Å². The zero-order valence-electron chi connectivity index (χ0n) is 18.4. The number of carbonyl (C=O) groups is 4. The average Bonchev–Trinajstić information content (AvgIpc) is 3.06. The maximum atomic E-state index is 12.6. The minimum Gasteiger partial charge on any atom is -0.449 e. The summed E-state index contributed by atoms with van der Waals surface area (Å²) in [6.45, 7) is 5.34. The number of imide groups is 1. The lowest BCUT2D eigenvalue weighted by Crippen LogP contribution is -2.30. The lowest BCUT2D eigenvalue weighted by molar-refractivity contribution is -0.123. The van der Waals surface area contributed by atoms with Gasteiger partial charge in [-0.1, -0.05) is 29.8 Å². The second kappa shape index (κ2) is 8.70. The third-order valence-electron chi connectivity index (χ3n) is 5.45. The fraction of sp³-hybridized carbons (Fsp3) is 0.154. The van der Waals surface area contributed by atoms with Gasteiger partial charge in [-0.05, 0) is 68.8 Å². The molecule has 0 radical (unpaired) electrons. The largest absolute Gasteiger partial charge is 0.449 e. The Bertz CT molecular complexity index is 1250. The van der Waals surface area contributed by atoms with Crippen molar-refractivity contribution in [3.8, 4) is 0 Å². The van der Waals surface area contributed by atoms with E-state index in [1.54, 1.807) is 30.3 Å². The first-order valence-corrected chi connectivity index (χ1v) is 10.4. The number of nitrogens with one attached hydrogen (secondary N) is 1. The molecule has 3 aromatic rings. The molecule has 1 aliphatic heterocycles. The Kier molecular flexibility index (Phi) is 5.79. The first kappa shape index (κ1) is 22.0. The molecule has 3 amide bonds. The number of nitrogens with zero attached hydrogens (tertiary/aromatic N) is 1. The molecule has 0 saturated heterocycles. The molecule has 0 saturated carbocycles. The van der Waals surface area contributed by atoms with E-state index >= 15 is 0 Å². The Labute approximate surface area is 191 Å². The van der Waals surface area contributed by atoms with Gasteiger partial charge in [0.25, 0.3) is 17.7 Å². The Balaban J connectivity index is 1.42. The molecule has 4 rings (SSSR count). The summed E-state index contributed by atoms with van der Waals surface area (Å²) >= 11 is 0. The fourth-order valence-electron chi connectivity index (χ4n) is 3.64. The molecule has 1 N–H and O–H groups in total. The van der Waals surface area contributed by atoms with Crippen LogP contribution in [0.2, 0.25) is 0 Å². The van der Waals surface area contributed by atoms with E-state index in [1.165, 1.54) is 31.2 Å². The van der Waals surface area contributed by atoms with E-state index in [9.17, 15) is 19.2 Å². The van der Waals surface area contributed by atoms with Crippen LogP contribution in [-0.2, 0) is 9.53 Å². The van der Waals surface area contributed by atoms with Gasteiger partial charge < -0.3 is 10.1 Å². The van der Waals surface area contributed by atoms with E-state index in [4.69, 9.17) is 4.74 Å². The Morgan fingerprint density at radius 2 is 1.48 bits per heavy atom. The lowest BCUT2D eigenvalue weighted by atomic mass is 10.1. The van der Waals surface area contributed by atoms with Crippen molar-refractivity contribution in [2.24, 2.45) is 0 Å². The maximum Gasteiger partial charge on any atom is 0.338 e. The summed E-state index contributed by atoms with van der Waals surface area (Å²) in [7, 11) is 0. The minimum atomic E-state index is -1.02. The summed E-state index contributed by atoms with van der Waals surface area (Å²) in [5, 5.41) is 2.76. The molecule has 0 bridgehead atoms. The smallest absolute Gasteiger partial charge is 0.338 e. The number of esters is 1. The van der Waals surface area contributed by atoms with Crippen molar-refractivity contribution >= 4 is 35.1 Å². The van der Waals surface area contributed by atoms with Crippen molar-refractivity contribution in [1.29, 1.82) is 0 Å². The number of carbonyl (C=O) groups excluding carboxylic acids is 4. The van der Waals surface area contributed by atoms with Gasteiger partial charge >= 0.3 is 5.97 Å². The topological polar surface area (TPSA) is 92.8 Å². The first-order chi connectivity index (χ1) is 15.8. The van der Waals surface area contributed by atoms with Gasteiger partial charge in [0.1, 0.15) is 0 Å². The van der Waals surface area contributed by atoms with Crippen LogP contribution in [0.25, 0.3) is 0 Å². The average molecular weight is 442 g/mol. The Morgan fingerprint density at radius 3 is 2.06 bits per heavy atom. The van der Waals surface area contributed by atoms with Crippen molar-refractivity contribution < 1.29 is 23.9 Å². The van der Waals surface area contributed by atoms with Gasteiger partial charge in [-0.2, -0.15) is 0 Å². The summed E-state index contributed by atoms with van der Waals surface area (Å²) in [4.78, 5) is 51.3. The van der Waals surface area contributed by atoms with Crippen LogP contribution in [0.5, 0.6) is 0 Å². The molecule has 166 valence electrons. The summed E-state index contributed by atoms with van der Waals surface area (Å²) in [5.74, 6) is -1.96. The molecular weight excluding hydrogens is 420 g/mol. The number of hydrogen-bond acceptors (Lipinski definition) is 5. The summed E-state index contributed by atoms with van der Waals surface area (Å²) < 4.78 is 5.29. The standard InChI is InChI=1S/C26H22N2O5/c1-15-8-13-22(16(2)14-15)27-23(29)17(3)33-26(32)18-9-11-19(12-10-18)28-24(30)20-6-4-5-7-21(20)25(28)31/h4-14,17H,1-3H3,(H,27,29). The second-order valence-electron chi connectivity index (χ2n) is 7.89. The van der Waals surface area contributed by atoms with Gasteiger partial charge in [0, 0.05) is 5.69 Å². The van der Waals surface area contributed by atoms with Gasteiger partial charge in [-0.25, -0.2) is 9.69 Å². The normalized spacial score (nSPS) is 13.5. The highest BCUT2D eigenvalue weighted by atomic mass is 16.5. The number of ether oxygens (including phenoxy) is 1. The zero-order chi connectivity index (χ0) is 23.7. The minimum absolute atomic E-state index is 0.196. The third kappa shape index (κ3) is 4.25. The van der Waals surface area contributed by atoms with Gasteiger partial charge in [0.05, 0.1) is 22.4 Å². The molecule has 1 atom stereocenters. The van der Waals surface area contributed by atoms with E-state index < -0.39 is 29.8 Å². The van der Waals surface area contributed by atoms with Gasteiger partial charge in [0.2, 0.25) is 0 Å². The van der Waals surface area contributed by atoms with Gasteiger partial charge in [-0.15, -0.1) is 0 Å². The zero-order valence-corrected chi connectivity index (χ0v) is 18.4. The second-order valence-corrected chi connectivity index (χ2v) is 7.89. The number of rotatable bonds is 5. The van der Waals surface area contributed by atoms with Crippen molar-refractivity contribution in [3.05, 3.63) is 94.5 Å². The monoisotopic (exact) mass is 442 g/mol. The number of amides is 3. The molecule has 33 heavy (non-hydrogen) atoms. The third-order valence-corrected chi connectivity index (χ3v) is 5.45. The van der Waals surface area contributed by atoms with Crippen LogP contribution < -0.4 is 10.2 Å². The first-order valence-electron chi connectivity index (χ1n) is 10.4. The Hall–Kier alpha value is -4.26. The molecule has 1 unspecified atom stereocenters. The van der Waals surface area contributed by atoms with Crippen LogP contribution >= 0.6 is 0 Å². The SMILES string of the molecule is Cc1ccc(NC(=O)C(C)OC(=O)c2ccc(N3C(=O)c4ccccc4C3=O)cc2)c(C)c1. The summed E-state index contributed by atoms with van der Waals surface area (Å²) in [5.41, 5.74) is 3.86. The number of anilines is 2. The number of benzene rings is 3. The highest BCUT2D eigenvalue weighted by Gasteiger charge is 2.36. The predicted molar refractivity (Wildman–Crippen MR) is 123 cm³/mol. The van der Waals surface area contributed by atoms with E-state index in [1.807, 2.05) is 26.0 Å². The van der Waals surface area contributed by atoms with Crippen LogP contribution in [0.15, 0.2) is 66.7 Å². The summed E-state index contributed by atoms with van der Waals surface area (Å²) in [6, 6.07) is 18.1. The Morgan fingerprint density at radius 1 is 0.879 bits per heavy atom. The molecule has 7 nitrogen and oxygen atoms in total. The molecule has 0 spiro atoms. The molecule has 1 aliphatic rings. The number of fused-ring (bicyclic) bond motifs is 1. The highest BCUT2D eigenvalue weighted by Crippen LogP contribution is 2.28. The maximum absolute atomic E-state index is 12.6. The number of hydrogen-bond donors (Lipinski definition) is 1. The fourth-order valence-corrected chi connectivity index (χ4v) is 3.64. The molecular formula is C26H22N2O5. The highest BCUT2D eigenvalue weighted by molar-refractivity contribution is 6.34. The summed E-state index contributed by atoms with van der Waals surface area (Å²) in [6.07, 6.45) is -1.02. The van der Waals surface area contributed by atoms with E-state index in [0.717, 1.165) is 16.0 Å². The van der Waals surface area contributed by atoms with Crippen molar-refractivity contribution in [2.75, 3.05) is 10.2 Å². The van der Waals surface area contributed by atoms with E-state index in [2.05, 4.69) is 5.32 Å². The predicted octanol–water partition coefficient (Wildman–Crippen LogP) is 4.29. The molecule has 0 aliphatic carbocycles. The van der Waals surface area contributed by atoms with Crippen molar-refractivity contribution in [1.82, 2.24) is 0 Å². The number of aryl methyl sites for hydroxylation is 2. The molecule has 0 aromatic heterocycles. The lowest BCUT2D eigenvalue weighted by Gasteiger charge is -2.16. The van der Waals surface area contributed by atoms with E-state index in [0.29, 0.717) is 22.5 Å². The van der Waals surface area contributed by atoms with E-state index in [-0.39, 0.29) is 5.56 Å². The molecule has 7 heteroatoms. The molecule has 1 heterocycles. The van der Waals surface area contributed by atoms with Crippen molar-refractivity contribution in [3.63, 3.8) is 0 Å². The van der Waals surface area contributed by atoms with Gasteiger partial charge in [0.15, 0.2) is 6.10 Å². The molecule has 0 fully saturated rings. The van der Waals surface area contributed by atoms with Crippen molar-refractivity contribution in [2.45, 2.75) is 26.9 Å². The quantitative estimate of drug-likeness (QED) is 0.470. The van der Waals surface area contributed by atoms with Gasteiger partial charge in [-0.3, -0.25) is 14.4 Å².